The molecule has 6 rings (SSSR count). The van der Waals surface area contributed by atoms with E-state index < -0.39 is 58.6 Å². The first kappa shape index (κ1) is 31.7. The number of carbonyl (C=O) groups excluding carboxylic acids is 4. The number of carboxylic acids is 1. The molecule has 2 aromatic carbocycles. The van der Waals surface area contributed by atoms with Crippen LogP contribution in [-0.4, -0.2) is 58.4 Å². The van der Waals surface area contributed by atoms with Gasteiger partial charge in [0.05, 0.1) is 41.0 Å². The third kappa shape index (κ3) is 4.87. The van der Waals surface area contributed by atoms with Crippen molar-refractivity contribution in [3.63, 3.8) is 0 Å². The van der Waals surface area contributed by atoms with E-state index in [2.05, 4.69) is 0 Å². The lowest BCUT2D eigenvalue weighted by Crippen LogP contribution is -2.48. The third-order valence-corrected chi connectivity index (χ3v) is 10.6. The lowest BCUT2D eigenvalue weighted by atomic mass is 9.51. The van der Waals surface area contributed by atoms with E-state index in [-0.39, 0.29) is 59.8 Å². The highest BCUT2D eigenvalue weighted by atomic mass is 35.5. The van der Waals surface area contributed by atoms with Crippen LogP contribution in [0.5, 0.6) is 11.5 Å². The first-order chi connectivity index (χ1) is 21.9. The second-order valence-electron chi connectivity index (χ2n) is 12.7. The number of likely N-dealkylation sites (tertiary alicyclic amines) is 1. The number of hydrogen-bond acceptors (Lipinski definition) is 7. The van der Waals surface area contributed by atoms with Crippen LogP contribution in [-0.2, 0) is 24.0 Å². The van der Waals surface area contributed by atoms with Gasteiger partial charge in [-0.25, -0.2) is 9.29 Å². The number of fused-ring (bicyclic) bond motifs is 4. The second-order valence-corrected chi connectivity index (χ2v) is 13.1. The van der Waals surface area contributed by atoms with Crippen LogP contribution in [0.15, 0.2) is 48.0 Å². The van der Waals surface area contributed by atoms with Gasteiger partial charge in [-0.3, -0.25) is 28.9 Å². The number of aliphatic carboxylic acids is 1. The Morgan fingerprint density at radius 1 is 1.04 bits per heavy atom. The molecule has 6 atom stereocenters. The van der Waals surface area contributed by atoms with E-state index >= 15 is 0 Å². The van der Waals surface area contributed by atoms with E-state index in [4.69, 9.17) is 21.4 Å². The Morgan fingerprint density at radius 3 is 2.48 bits per heavy atom. The first-order valence-corrected chi connectivity index (χ1v) is 15.7. The monoisotopic (exact) mass is 652 g/mol. The zero-order valence-electron chi connectivity index (χ0n) is 25.4. The van der Waals surface area contributed by atoms with Crippen LogP contribution >= 0.6 is 11.6 Å². The molecule has 0 bridgehead atoms. The number of allylic oxidation sites excluding steroid dienone is 2. The third-order valence-electron chi connectivity index (χ3n) is 10.3. The van der Waals surface area contributed by atoms with Crippen LogP contribution in [0.1, 0.15) is 56.9 Å². The van der Waals surface area contributed by atoms with Crippen LogP contribution in [0.2, 0.25) is 5.02 Å². The van der Waals surface area contributed by atoms with Crippen molar-refractivity contribution in [3.8, 4) is 11.5 Å². The van der Waals surface area contributed by atoms with Gasteiger partial charge in [-0.1, -0.05) is 35.7 Å². The molecule has 2 aliphatic carbocycles. The van der Waals surface area contributed by atoms with Crippen molar-refractivity contribution in [1.29, 1.82) is 0 Å². The van der Waals surface area contributed by atoms with Crippen molar-refractivity contribution in [2.75, 3.05) is 18.6 Å². The molecule has 10 nitrogen and oxygen atoms in total. The maximum absolute atomic E-state index is 14.4. The quantitative estimate of drug-likeness (QED) is 0.217. The summed E-state index contributed by atoms with van der Waals surface area (Å²) >= 11 is 6.04. The second kappa shape index (κ2) is 11.8. The minimum Gasteiger partial charge on any atom is -0.504 e. The fourth-order valence-corrected chi connectivity index (χ4v) is 8.34. The van der Waals surface area contributed by atoms with Crippen LogP contribution in [0.3, 0.4) is 0 Å². The summed E-state index contributed by atoms with van der Waals surface area (Å²) < 4.78 is 19.3. The molecule has 0 radical (unpaired) electrons. The van der Waals surface area contributed by atoms with E-state index in [1.165, 1.54) is 30.2 Å². The largest absolute Gasteiger partial charge is 0.504 e. The predicted molar refractivity (Wildman–Crippen MR) is 164 cm³/mol. The SMILES string of the molecule is COc1ccc([C@H]2C3=CC[C@@H]4C(=O)N(CCCCCC(=O)O)C(=O)[C@@H]4[C@@H]3C[C@H]3C(=O)N(c4ccc(F)c(Cl)c4)C(=O)[C@@]23C)cc1O. The van der Waals surface area contributed by atoms with Gasteiger partial charge in [0.1, 0.15) is 5.82 Å². The van der Waals surface area contributed by atoms with E-state index in [0.29, 0.717) is 24.8 Å². The fraction of sp³-hybridized carbons (Fsp3) is 0.441. The van der Waals surface area contributed by atoms with Crippen LogP contribution in [0.4, 0.5) is 10.1 Å². The number of anilines is 1. The molecular formula is C34H34ClFN2O8. The van der Waals surface area contributed by atoms with Gasteiger partial charge in [0.15, 0.2) is 11.5 Å². The van der Waals surface area contributed by atoms with Crippen LogP contribution in [0, 0.1) is 34.9 Å². The van der Waals surface area contributed by atoms with E-state index in [0.717, 1.165) is 16.5 Å². The highest BCUT2D eigenvalue weighted by Gasteiger charge is 2.67. The molecule has 4 aliphatic rings. The Morgan fingerprint density at radius 2 is 1.80 bits per heavy atom. The highest BCUT2D eigenvalue weighted by molar-refractivity contribution is 6.31. The molecule has 0 aromatic heterocycles. The summed E-state index contributed by atoms with van der Waals surface area (Å²) in [6, 6.07) is 8.45. The fourth-order valence-electron chi connectivity index (χ4n) is 8.16. The molecule has 2 saturated heterocycles. The van der Waals surface area contributed by atoms with Crippen LogP contribution in [0.25, 0.3) is 0 Å². The van der Waals surface area contributed by atoms with Gasteiger partial charge >= 0.3 is 5.97 Å². The van der Waals surface area contributed by atoms with Crippen molar-refractivity contribution in [3.05, 3.63) is 64.5 Å². The summed E-state index contributed by atoms with van der Waals surface area (Å²) in [5.41, 5.74) is 0.0924. The molecule has 242 valence electrons. The number of carboxylic acid groups (broad SMARTS) is 1. The minimum atomic E-state index is -1.34. The van der Waals surface area contributed by atoms with Crippen molar-refractivity contribution in [1.82, 2.24) is 4.90 Å². The van der Waals surface area contributed by atoms with Crippen LogP contribution < -0.4 is 9.64 Å². The maximum atomic E-state index is 14.4. The molecule has 0 spiro atoms. The molecule has 2 aromatic rings. The molecule has 4 amide bonds. The van der Waals surface area contributed by atoms with Gasteiger partial charge in [0.25, 0.3) is 0 Å². The number of hydrogen-bond donors (Lipinski definition) is 2. The average Bonchev–Trinajstić information content (AvgIpc) is 3.37. The van der Waals surface area contributed by atoms with Crippen molar-refractivity contribution >= 4 is 46.9 Å². The molecule has 2 heterocycles. The summed E-state index contributed by atoms with van der Waals surface area (Å²) in [7, 11) is 1.41. The molecule has 46 heavy (non-hydrogen) atoms. The number of imide groups is 2. The molecule has 1 saturated carbocycles. The number of carbonyl (C=O) groups is 5. The Bertz CT molecular complexity index is 1690. The number of rotatable bonds is 9. The number of methoxy groups -OCH3 is 1. The van der Waals surface area contributed by atoms with Crippen molar-refractivity contribution in [2.45, 2.75) is 51.4 Å². The number of amides is 4. The number of aromatic hydroxyl groups is 1. The summed E-state index contributed by atoms with van der Waals surface area (Å²) in [5.74, 6) is -6.68. The number of phenolic OH excluding ortho intramolecular Hbond substituents is 1. The lowest BCUT2D eigenvalue weighted by Gasteiger charge is -2.49. The van der Waals surface area contributed by atoms with Crippen molar-refractivity contribution in [2.24, 2.45) is 29.1 Å². The van der Waals surface area contributed by atoms with E-state index in [1.807, 2.05) is 6.08 Å². The van der Waals surface area contributed by atoms with Gasteiger partial charge in [0.2, 0.25) is 23.6 Å². The number of unbranched alkanes of at least 4 members (excludes halogenated alkanes) is 2. The summed E-state index contributed by atoms with van der Waals surface area (Å²) in [5, 5.41) is 19.4. The van der Waals surface area contributed by atoms with Gasteiger partial charge in [-0.2, -0.15) is 0 Å². The summed E-state index contributed by atoms with van der Waals surface area (Å²) in [6.45, 7) is 1.89. The Hall–Kier alpha value is -4.25. The molecule has 3 fully saturated rings. The Balaban J connectivity index is 1.40. The number of ether oxygens (including phenoxy) is 1. The molecule has 0 unspecified atom stereocenters. The summed E-state index contributed by atoms with van der Waals surface area (Å²) in [6.07, 6.45) is 3.81. The number of nitrogens with zero attached hydrogens (tertiary/aromatic N) is 2. The zero-order chi connectivity index (χ0) is 33.1. The summed E-state index contributed by atoms with van der Waals surface area (Å²) in [4.78, 5) is 69.3. The Kier molecular flexibility index (Phi) is 8.16. The van der Waals surface area contributed by atoms with Gasteiger partial charge in [-0.05, 0) is 74.4 Å². The molecule has 2 N–H and O–H groups in total. The van der Waals surface area contributed by atoms with Gasteiger partial charge in [-0.15, -0.1) is 0 Å². The number of halogens is 2. The minimum absolute atomic E-state index is 0.0127. The first-order valence-electron chi connectivity index (χ1n) is 15.4. The topological polar surface area (TPSA) is 142 Å². The van der Waals surface area contributed by atoms with Crippen molar-refractivity contribution < 1.29 is 43.3 Å². The predicted octanol–water partition coefficient (Wildman–Crippen LogP) is 5.07. The van der Waals surface area contributed by atoms with Gasteiger partial charge < -0.3 is 14.9 Å². The molecular weight excluding hydrogens is 619 g/mol. The zero-order valence-corrected chi connectivity index (χ0v) is 26.1. The normalized spacial score (nSPS) is 28.6. The molecule has 12 heteroatoms. The lowest BCUT2D eigenvalue weighted by molar-refractivity contribution is -0.141. The standard InChI is InChI=1S/C34H34ClFN2O8/c1-34-22(31(43)38(33(34)45)18-8-11-24(36)23(35)15-18)16-21-19(29(34)17-7-12-26(46-2)25(39)14-17)9-10-20-28(21)32(44)37(30(20)42)13-5-3-4-6-27(40)41/h7-9,11-12,14-15,20-22,28-29,39H,3-6,10,13,16H2,1-2H3,(H,40,41)/t20-,21+,22-,28-,29-,34+/m0/s1. The molecule has 2 aliphatic heterocycles. The smallest absolute Gasteiger partial charge is 0.303 e. The van der Waals surface area contributed by atoms with E-state index in [9.17, 15) is 33.5 Å². The highest BCUT2D eigenvalue weighted by Crippen LogP contribution is 2.64. The Labute approximate surface area is 269 Å². The van der Waals surface area contributed by atoms with E-state index in [1.54, 1.807) is 19.1 Å². The number of phenols is 1. The average molecular weight is 653 g/mol. The number of benzene rings is 2. The maximum Gasteiger partial charge on any atom is 0.303 e. The van der Waals surface area contributed by atoms with Gasteiger partial charge in [0, 0.05) is 18.9 Å².